The highest BCUT2D eigenvalue weighted by Gasteiger charge is 2.21. The summed E-state index contributed by atoms with van der Waals surface area (Å²) < 4.78 is 37.9. The summed E-state index contributed by atoms with van der Waals surface area (Å²) in [6, 6.07) is 13.0. The van der Waals surface area contributed by atoms with Crippen molar-refractivity contribution in [3.05, 3.63) is 54.3 Å². The molecular weight excluding hydrogens is 383 g/mol. The molecule has 0 unspecified atom stereocenters. The van der Waals surface area contributed by atoms with Crippen LogP contribution in [0.1, 0.15) is 19.8 Å². The molecule has 2 aromatic carbocycles. The van der Waals surface area contributed by atoms with Crippen LogP contribution in [0.5, 0.6) is 0 Å². The fourth-order valence-electron chi connectivity index (χ4n) is 2.73. The van der Waals surface area contributed by atoms with E-state index in [1.807, 2.05) is 6.07 Å². The van der Waals surface area contributed by atoms with Crippen molar-refractivity contribution >= 4 is 26.3 Å². The van der Waals surface area contributed by atoms with Gasteiger partial charge in [-0.1, -0.05) is 42.9 Å². The van der Waals surface area contributed by atoms with E-state index in [1.165, 1.54) is 29.7 Å². The first-order valence-corrected chi connectivity index (χ1v) is 11.4. The zero-order valence-corrected chi connectivity index (χ0v) is 16.8. The predicted molar refractivity (Wildman–Crippen MR) is 109 cm³/mol. The highest BCUT2D eigenvalue weighted by Crippen LogP contribution is 2.41. The minimum absolute atomic E-state index is 0.261. The Labute approximate surface area is 163 Å². The fourth-order valence-corrected chi connectivity index (χ4v) is 4.74. The van der Waals surface area contributed by atoms with Gasteiger partial charge in [0.2, 0.25) is 0 Å². The third-order valence-electron chi connectivity index (χ3n) is 4.08. The van der Waals surface area contributed by atoms with Crippen LogP contribution in [0.25, 0.3) is 21.7 Å². The lowest BCUT2D eigenvalue weighted by Crippen LogP contribution is -1.99. The molecule has 0 aliphatic carbocycles. The Kier molecular flexibility index (Phi) is 5.92. The summed E-state index contributed by atoms with van der Waals surface area (Å²) in [5, 5.41) is 4.02. The van der Waals surface area contributed by atoms with Crippen LogP contribution in [-0.4, -0.2) is 26.2 Å². The molecule has 1 aromatic heterocycles. The summed E-state index contributed by atoms with van der Waals surface area (Å²) in [5.41, 5.74) is 2.00. The number of sulfone groups is 1. The maximum atomic E-state index is 13.3. The van der Waals surface area contributed by atoms with Gasteiger partial charge in [-0.3, -0.25) is 0 Å². The number of halogens is 1. The summed E-state index contributed by atoms with van der Waals surface area (Å²) in [7, 11) is -3.40. The third kappa shape index (κ3) is 4.54. The van der Waals surface area contributed by atoms with E-state index in [9.17, 15) is 12.8 Å². The molecule has 3 aromatic rings. The molecule has 4 nitrogen and oxygen atoms in total. The molecule has 27 heavy (non-hydrogen) atoms. The van der Waals surface area contributed by atoms with Gasteiger partial charge >= 0.3 is 0 Å². The molecule has 1 heterocycles. The van der Waals surface area contributed by atoms with Gasteiger partial charge in [-0.2, -0.15) is 0 Å². The molecule has 3 rings (SSSR count). The molecule has 1 N–H and O–H groups in total. The fraction of sp³-hybridized carbons (Fsp3) is 0.250. The maximum absolute atomic E-state index is 13.3. The van der Waals surface area contributed by atoms with E-state index in [4.69, 9.17) is 0 Å². The normalized spacial score (nSPS) is 11.5. The summed E-state index contributed by atoms with van der Waals surface area (Å²) in [6.45, 7) is 2.90. The molecule has 7 heteroatoms. The Morgan fingerprint density at radius 2 is 1.81 bits per heavy atom. The zero-order valence-electron chi connectivity index (χ0n) is 15.2. The van der Waals surface area contributed by atoms with E-state index in [0.29, 0.717) is 11.3 Å². The van der Waals surface area contributed by atoms with E-state index >= 15 is 0 Å². The smallest absolute Gasteiger partial charge is 0.183 e. The Morgan fingerprint density at radius 3 is 2.48 bits per heavy atom. The van der Waals surface area contributed by atoms with Crippen molar-refractivity contribution in [3.63, 3.8) is 0 Å². The number of rotatable bonds is 7. The molecule has 142 valence electrons. The number of unbranched alkanes of at least 4 members (excludes halogenated alkanes) is 1. The molecule has 0 atom stereocenters. The van der Waals surface area contributed by atoms with Crippen molar-refractivity contribution in [2.45, 2.75) is 24.7 Å². The second-order valence-electron chi connectivity index (χ2n) is 6.25. The summed E-state index contributed by atoms with van der Waals surface area (Å²) in [5.74, 6) is -0.326. The molecule has 0 aliphatic rings. The first kappa shape index (κ1) is 19.5. The van der Waals surface area contributed by atoms with Crippen LogP contribution in [0.4, 0.5) is 9.52 Å². The molecule has 0 amide bonds. The van der Waals surface area contributed by atoms with Gasteiger partial charge in [0.05, 0.1) is 15.5 Å². The van der Waals surface area contributed by atoms with Crippen LogP contribution < -0.4 is 5.32 Å². The minimum Gasteiger partial charge on any atom is -0.361 e. The Bertz CT molecular complexity index is 1030. The molecule has 0 saturated carbocycles. The number of hydrogen-bond acceptors (Lipinski definition) is 5. The molecule has 0 radical (unpaired) electrons. The number of thiazole rings is 1. The maximum Gasteiger partial charge on any atom is 0.183 e. The van der Waals surface area contributed by atoms with Crippen LogP contribution in [-0.2, 0) is 9.84 Å². The highest BCUT2D eigenvalue weighted by molar-refractivity contribution is 7.90. The topological polar surface area (TPSA) is 59.1 Å². The van der Waals surface area contributed by atoms with Gasteiger partial charge in [-0.05, 0) is 36.8 Å². The minimum atomic E-state index is -3.40. The van der Waals surface area contributed by atoms with Crippen LogP contribution in [0.15, 0.2) is 53.4 Å². The number of nitrogens with one attached hydrogen (secondary N) is 1. The SMILES string of the molecule is CCCCNc1nc(-c2ccc(F)cc2)c(-c2ccccc2S(C)(=O)=O)s1. The monoisotopic (exact) mass is 404 g/mol. The summed E-state index contributed by atoms with van der Waals surface area (Å²) >= 11 is 1.41. The van der Waals surface area contributed by atoms with Crippen LogP contribution in [0, 0.1) is 5.82 Å². The Morgan fingerprint density at radius 1 is 1.11 bits per heavy atom. The standard InChI is InChI=1S/C20H21FN2O2S2/c1-3-4-13-22-20-23-18(14-9-11-15(21)12-10-14)19(26-20)16-7-5-6-8-17(16)27(2,24)25/h5-12H,3-4,13H2,1-2H3,(H,22,23). The van der Waals surface area contributed by atoms with Gasteiger partial charge in [-0.15, -0.1) is 0 Å². The van der Waals surface area contributed by atoms with Gasteiger partial charge in [-0.25, -0.2) is 17.8 Å². The van der Waals surface area contributed by atoms with E-state index in [-0.39, 0.29) is 10.7 Å². The lowest BCUT2D eigenvalue weighted by atomic mass is 10.1. The molecule has 0 bridgehead atoms. The van der Waals surface area contributed by atoms with Crippen molar-refractivity contribution in [1.82, 2.24) is 4.98 Å². The van der Waals surface area contributed by atoms with E-state index in [1.54, 1.807) is 30.3 Å². The molecular formula is C20H21FN2O2S2. The summed E-state index contributed by atoms with van der Waals surface area (Å²) in [6.07, 6.45) is 3.28. The number of nitrogens with zero attached hydrogens (tertiary/aromatic N) is 1. The molecule has 0 spiro atoms. The van der Waals surface area contributed by atoms with Crippen molar-refractivity contribution < 1.29 is 12.8 Å². The highest BCUT2D eigenvalue weighted by atomic mass is 32.2. The first-order chi connectivity index (χ1) is 12.9. The summed E-state index contributed by atoms with van der Waals surface area (Å²) in [4.78, 5) is 5.68. The molecule has 0 fully saturated rings. The van der Waals surface area contributed by atoms with Crippen molar-refractivity contribution in [3.8, 4) is 21.7 Å². The quantitative estimate of drug-likeness (QED) is 0.548. The first-order valence-electron chi connectivity index (χ1n) is 8.70. The second-order valence-corrected chi connectivity index (χ2v) is 9.24. The number of benzene rings is 2. The van der Waals surface area contributed by atoms with Crippen molar-refractivity contribution in [1.29, 1.82) is 0 Å². The van der Waals surface area contributed by atoms with Crippen LogP contribution in [0.3, 0.4) is 0 Å². The lowest BCUT2D eigenvalue weighted by molar-refractivity contribution is 0.602. The Hall–Kier alpha value is -2.25. The van der Waals surface area contributed by atoms with Gasteiger partial charge < -0.3 is 5.32 Å². The number of hydrogen-bond donors (Lipinski definition) is 1. The number of anilines is 1. The van der Waals surface area contributed by atoms with E-state index in [2.05, 4.69) is 17.2 Å². The van der Waals surface area contributed by atoms with Crippen LogP contribution >= 0.6 is 11.3 Å². The molecule has 0 saturated heterocycles. The lowest BCUT2D eigenvalue weighted by Gasteiger charge is -2.08. The van der Waals surface area contributed by atoms with E-state index in [0.717, 1.165) is 35.0 Å². The number of aromatic nitrogens is 1. The van der Waals surface area contributed by atoms with Crippen LogP contribution in [0.2, 0.25) is 0 Å². The average molecular weight is 405 g/mol. The van der Waals surface area contributed by atoms with E-state index < -0.39 is 9.84 Å². The van der Waals surface area contributed by atoms with Gasteiger partial charge in [0.15, 0.2) is 15.0 Å². The predicted octanol–water partition coefficient (Wildman–Crippen LogP) is 5.23. The Balaban J connectivity index is 2.15. The average Bonchev–Trinajstić information content (AvgIpc) is 3.06. The van der Waals surface area contributed by atoms with Gasteiger partial charge in [0, 0.05) is 23.9 Å². The van der Waals surface area contributed by atoms with Gasteiger partial charge in [0.1, 0.15) is 5.82 Å². The largest absolute Gasteiger partial charge is 0.361 e. The molecule has 0 aliphatic heterocycles. The van der Waals surface area contributed by atoms with Crippen molar-refractivity contribution in [2.75, 3.05) is 18.1 Å². The van der Waals surface area contributed by atoms with Crippen molar-refractivity contribution in [2.24, 2.45) is 0 Å². The third-order valence-corrected chi connectivity index (χ3v) is 6.28. The zero-order chi connectivity index (χ0) is 19.4. The second kappa shape index (κ2) is 8.19. The van der Waals surface area contributed by atoms with Gasteiger partial charge in [0.25, 0.3) is 0 Å².